The Balaban J connectivity index is 1.77. The molecule has 1 saturated carbocycles. The highest BCUT2D eigenvalue weighted by Gasteiger charge is 2.51. The van der Waals surface area contributed by atoms with Crippen molar-refractivity contribution in [3.05, 3.63) is 41.5 Å². The second-order valence-corrected chi connectivity index (χ2v) is 7.62. The summed E-state index contributed by atoms with van der Waals surface area (Å²) in [4.78, 5) is 26.5. The van der Waals surface area contributed by atoms with Crippen molar-refractivity contribution >= 4 is 17.9 Å². The highest BCUT2D eigenvalue weighted by Crippen LogP contribution is 2.40. The summed E-state index contributed by atoms with van der Waals surface area (Å²) in [6.07, 6.45) is 7.00. The van der Waals surface area contributed by atoms with Crippen molar-refractivity contribution in [2.75, 3.05) is 26.9 Å². The van der Waals surface area contributed by atoms with E-state index >= 15 is 0 Å². The lowest BCUT2D eigenvalue weighted by molar-refractivity contribution is -0.155. The highest BCUT2D eigenvalue weighted by molar-refractivity contribution is 5.81. The van der Waals surface area contributed by atoms with Gasteiger partial charge in [0.25, 0.3) is 0 Å². The van der Waals surface area contributed by atoms with Gasteiger partial charge in [-0.15, -0.1) is 0 Å². The predicted octanol–water partition coefficient (Wildman–Crippen LogP) is 1.94. The molecule has 1 heterocycles. The number of allylic oxidation sites excluding steroid dienone is 1. The van der Waals surface area contributed by atoms with E-state index in [2.05, 4.69) is 5.32 Å². The van der Waals surface area contributed by atoms with Gasteiger partial charge in [-0.2, -0.15) is 0 Å². The largest absolute Gasteiger partial charge is 0.394 e. The van der Waals surface area contributed by atoms with Crippen LogP contribution in [0.2, 0.25) is 0 Å². The average molecular weight is 386 g/mol. The summed E-state index contributed by atoms with van der Waals surface area (Å²) in [7, 11) is 1.48. The van der Waals surface area contributed by atoms with E-state index in [9.17, 15) is 14.7 Å². The Bertz CT molecular complexity index is 712. The lowest BCUT2D eigenvalue weighted by Crippen LogP contribution is -2.69. The molecule has 3 atom stereocenters. The smallest absolute Gasteiger partial charge is 0.249 e. The molecule has 2 aliphatic rings. The topological polar surface area (TPSA) is 78.9 Å². The van der Waals surface area contributed by atoms with Crippen molar-refractivity contribution in [1.29, 1.82) is 0 Å². The molecular weight excluding hydrogens is 356 g/mol. The van der Waals surface area contributed by atoms with Gasteiger partial charge in [0.1, 0.15) is 6.61 Å². The first-order valence-electron chi connectivity index (χ1n) is 10.0. The second kappa shape index (κ2) is 9.34. The fourth-order valence-electron chi connectivity index (χ4n) is 4.23. The first kappa shape index (κ1) is 20.6. The van der Waals surface area contributed by atoms with Crippen LogP contribution in [0, 0.1) is 5.92 Å². The van der Waals surface area contributed by atoms with Crippen LogP contribution in [0.15, 0.2) is 30.3 Å². The van der Waals surface area contributed by atoms with Gasteiger partial charge in [0.05, 0.1) is 18.7 Å². The zero-order valence-electron chi connectivity index (χ0n) is 16.6. The molecule has 1 aliphatic heterocycles. The van der Waals surface area contributed by atoms with Crippen molar-refractivity contribution in [3.8, 4) is 0 Å². The molecule has 1 saturated heterocycles. The Kier molecular flexibility index (Phi) is 6.86. The zero-order chi connectivity index (χ0) is 20.1. The number of amides is 2. The third-order valence-electron chi connectivity index (χ3n) is 5.93. The minimum absolute atomic E-state index is 0.0212. The molecule has 2 N–H and O–H groups in total. The quantitative estimate of drug-likeness (QED) is 0.716. The maximum Gasteiger partial charge on any atom is 0.249 e. The molecule has 0 unspecified atom stereocenters. The first-order valence-corrected chi connectivity index (χ1v) is 10.0. The van der Waals surface area contributed by atoms with Crippen LogP contribution in [-0.2, 0) is 14.3 Å². The van der Waals surface area contributed by atoms with Gasteiger partial charge in [-0.1, -0.05) is 42.8 Å². The number of methoxy groups -OCH3 is 1. The molecule has 2 fully saturated rings. The highest BCUT2D eigenvalue weighted by atomic mass is 16.5. The van der Waals surface area contributed by atoms with E-state index in [-0.39, 0.29) is 48.9 Å². The van der Waals surface area contributed by atoms with E-state index in [4.69, 9.17) is 4.74 Å². The van der Waals surface area contributed by atoms with Gasteiger partial charge in [0.15, 0.2) is 0 Å². The lowest BCUT2D eigenvalue weighted by atomic mass is 9.74. The lowest BCUT2D eigenvalue weighted by Gasteiger charge is -2.55. The third kappa shape index (κ3) is 4.13. The van der Waals surface area contributed by atoms with Crippen molar-refractivity contribution < 1.29 is 19.4 Å². The summed E-state index contributed by atoms with van der Waals surface area (Å²) in [6.45, 7) is 2.21. The van der Waals surface area contributed by atoms with Gasteiger partial charge in [-0.05, 0) is 30.9 Å². The van der Waals surface area contributed by atoms with Crippen molar-refractivity contribution in [2.45, 2.75) is 44.2 Å². The van der Waals surface area contributed by atoms with Gasteiger partial charge in [0, 0.05) is 25.5 Å². The van der Waals surface area contributed by atoms with Crippen LogP contribution in [0.1, 0.15) is 43.2 Å². The van der Waals surface area contributed by atoms with Gasteiger partial charge < -0.3 is 20.1 Å². The molecule has 28 heavy (non-hydrogen) atoms. The third-order valence-corrected chi connectivity index (χ3v) is 5.93. The molecule has 0 spiro atoms. The molecule has 2 amide bonds. The van der Waals surface area contributed by atoms with E-state index in [1.807, 2.05) is 43.3 Å². The summed E-state index contributed by atoms with van der Waals surface area (Å²) in [5.74, 6) is -0.00573. The van der Waals surface area contributed by atoms with Gasteiger partial charge in [-0.3, -0.25) is 9.59 Å². The number of aliphatic hydroxyl groups excluding tert-OH is 1. The molecule has 1 aliphatic carbocycles. The van der Waals surface area contributed by atoms with E-state index in [0.717, 1.165) is 30.4 Å². The number of ether oxygens (including phenoxy) is 1. The summed E-state index contributed by atoms with van der Waals surface area (Å²) in [6, 6.07) is 7.67. The van der Waals surface area contributed by atoms with Crippen LogP contribution in [0.4, 0.5) is 0 Å². The monoisotopic (exact) mass is 386 g/mol. The first-order chi connectivity index (χ1) is 13.6. The Morgan fingerprint density at radius 1 is 1.25 bits per heavy atom. The maximum absolute atomic E-state index is 12.5. The summed E-state index contributed by atoms with van der Waals surface area (Å²) in [5.41, 5.74) is 2.17. The zero-order valence-corrected chi connectivity index (χ0v) is 16.6. The number of nitrogens with one attached hydrogen (secondary N) is 1. The fraction of sp³-hybridized carbons (Fsp3) is 0.545. The van der Waals surface area contributed by atoms with E-state index in [1.54, 1.807) is 4.90 Å². The normalized spacial score (nSPS) is 24.7. The second-order valence-electron chi connectivity index (χ2n) is 7.62. The van der Waals surface area contributed by atoms with E-state index in [1.165, 1.54) is 7.11 Å². The van der Waals surface area contributed by atoms with Crippen LogP contribution < -0.4 is 5.32 Å². The minimum atomic E-state index is -0.305. The molecule has 152 valence electrons. The molecule has 1 aromatic carbocycles. The van der Waals surface area contributed by atoms with Gasteiger partial charge in [-0.25, -0.2) is 0 Å². The Morgan fingerprint density at radius 2 is 1.96 bits per heavy atom. The maximum atomic E-state index is 12.5. The molecule has 0 bridgehead atoms. The number of hydrogen-bond acceptors (Lipinski definition) is 4. The molecule has 6 heteroatoms. The summed E-state index contributed by atoms with van der Waals surface area (Å²) >= 11 is 0. The Hall–Kier alpha value is -2.18. The number of rotatable bonds is 8. The van der Waals surface area contributed by atoms with Gasteiger partial charge >= 0.3 is 0 Å². The Morgan fingerprint density at radius 3 is 2.50 bits per heavy atom. The van der Waals surface area contributed by atoms with Crippen molar-refractivity contribution in [2.24, 2.45) is 5.92 Å². The molecule has 3 rings (SSSR count). The molecular formula is C22H30N2O4. The van der Waals surface area contributed by atoms with E-state index < -0.39 is 0 Å². The van der Waals surface area contributed by atoms with Crippen molar-refractivity contribution in [1.82, 2.24) is 10.2 Å². The van der Waals surface area contributed by atoms with Gasteiger partial charge in [0.2, 0.25) is 11.8 Å². The molecule has 6 nitrogen and oxygen atoms in total. The molecule has 0 aromatic heterocycles. The van der Waals surface area contributed by atoms with E-state index in [0.29, 0.717) is 6.54 Å². The SMILES string of the molecule is C/C=C/c1ccc([C@H]2[C@@H](CO)N(C(=O)COC)[C@@H]2CNC(=O)C2CCC2)cc1. The van der Waals surface area contributed by atoms with Crippen LogP contribution in [0.25, 0.3) is 6.08 Å². The number of benzene rings is 1. The van der Waals surface area contributed by atoms with Crippen LogP contribution >= 0.6 is 0 Å². The number of carbonyl (C=O) groups excluding carboxylic acids is 2. The number of carbonyl (C=O) groups is 2. The standard InChI is InChI=1S/C22H30N2O4/c1-3-5-15-8-10-16(11-9-15)21-18(12-23-22(27)17-6-4-7-17)24(19(21)13-25)20(26)14-28-2/h3,5,8-11,17-19,21,25H,4,6-7,12-14H2,1-2H3,(H,23,27)/b5-3+/t18-,19-,21-/m1/s1. The number of hydrogen-bond donors (Lipinski definition) is 2. The average Bonchev–Trinajstić information content (AvgIpc) is 2.61. The number of nitrogens with zero attached hydrogens (tertiary/aromatic N) is 1. The predicted molar refractivity (Wildman–Crippen MR) is 108 cm³/mol. The fourth-order valence-corrected chi connectivity index (χ4v) is 4.23. The Labute approximate surface area is 166 Å². The summed E-state index contributed by atoms with van der Waals surface area (Å²) < 4.78 is 5.01. The van der Waals surface area contributed by atoms with Crippen LogP contribution in [0.3, 0.4) is 0 Å². The minimum Gasteiger partial charge on any atom is -0.394 e. The number of likely N-dealkylation sites (tertiary alicyclic amines) is 1. The van der Waals surface area contributed by atoms with Crippen LogP contribution in [0.5, 0.6) is 0 Å². The number of aliphatic hydroxyl groups is 1. The van der Waals surface area contributed by atoms with Crippen molar-refractivity contribution in [3.63, 3.8) is 0 Å². The molecule has 1 aromatic rings. The summed E-state index contributed by atoms with van der Waals surface area (Å²) in [5, 5.41) is 13.0. The molecule has 0 radical (unpaired) electrons. The van der Waals surface area contributed by atoms with Crippen LogP contribution in [-0.4, -0.2) is 60.8 Å².